The Morgan fingerprint density at radius 2 is 1.32 bits per heavy atom. The maximum atomic E-state index is 13.5. The molecule has 1 amide bonds. The van der Waals surface area contributed by atoms with Crippen LogP contribution in [0, 0.1) is 29.1 Å². The molecule has 0 aliphatic rings. The molecule has 0 unspecified atom stereocenters. The molecule has 0 aliphatic heterocycles. The molecule has 0 saturated carbocycles. The minimum absolute atomic E-state index is 0.159. The van der Waals surface area contributed by atoms with Gasteiger partial charge in [-0.1, -0.05) is 0 Å². The zero-order valence-corrected chi connectivity index (χ0v) is 11.8. The number of nitrogens with one attached hydrogen (secondary N) is 1. The van der Waals surface area contributed by atoms with Crippen molar-refractivity contribution in [2.45, 2.75) is 4.90 Å². The number of halogens is 5. The normalized spacial score (nSPS) is 10.6. The predicted octanol–water partition coefficient (Wildman–Crippen LogP) is 4.36. The van der Waals surface area contributed by atoms with Crippen LogP contribution in [0.3, 0.4) is 0 Å². The van der Waals surface area contributed by atoms with Gasteiger partial charge < -0.3 is 5.32 Å². The third-order valence-electron chi connectivity index (χ3n) is 2.78. The zero-order chi connectivity index (χ0) is 16.4. The van der Waals surface area contributed by atoms with Crippen LogP contribution >= 0.6 is 11.8 Å². The molecule has 2 rings (SSSR count). The molecule has 116 valence electrons. The second-order valence-electron chi connectivity index (χ2n) is 4.13. The number of hydrogen-bond donors (Lipinski definition) is 1. The van der Waals surface area contributed by atoms with Gasteiger partial charge in [0.05, 0.1) is 0 Å². The van der Waals surface area contributed by atoms with Gasteiger partial charge in [-0.2, -0.15) is 0 Å². The lowest BCUT2D eigenvalue weighted by Crippen LogP contribution is -2.19. The van der Waals surface area contributed by atoms with E-state index in [-0.39, 0.29) is 5.69 Å². The molecule has 0 atom stereocenters. The van der Waals surface area contributed by atoms with Crippen LogP contribution in [0.5, 0.6) is 0 Å². The van der Waals surface area contributed by atoms with Crippen LogP contribution < -0.4 is 5.32 Å². The quantitative estimate of drug-likeness (QED) is 0.391. The fourth-order valence-electron chi connectivity index (χ4n) is 1.67. The van der Waals surface area contributed by atoms with Gasteiger partial charge >= 0.3 is 0 Å². The van der Waals surface area contributed by atoms with Gasteiger partial charge in [-0.05, 0) is 30.5 Å². The van der Waals surface area contributed by atoms with Crippen LogP contribution in [0.4, 0.5) is 27.6 Å². The first-order valence-electron chi connectivity index (χ1n) is 5.83. The smallest absolute Gasteiger partial charge is 0.261 e. The monoisotopic (exact) mass is 333 g/mol. The molecule has 0 heterocycles. The molecule has 0 fully saturated rings. The van der Waals surface area contributed by atoms with Gasteiger partial charge in [-0.25, -0.2) is 22.0 Å². The molecule has 0 aliphatic carbocycles. The molecule has 0 saturated heterocycles. The van der Waals surface area contributed by atoms with Crippen LogP contribution in [0.15, 0.2) is 29.2 Å². The summed E-state index contributed by atoms with van der Waals surface area (Å²) in [4.78, 5) is 12.6. The third-order valence-corrected chi connectivity index (χ3v) is 3.53. The largest absolute Gasteiger partial charge is 0.322 e. The molecule has 22 heavy (non-hydrogen) atoms. The summed E-state index contributed by atoms with van der Waals surface area (Å²) in [5.41, 5.74) is -1.36. The molecule has 8 heteroatoms. The van der Waals surface area contributed by atoms with Crippen molar-refractivity contribution in [3.05, 3.63) is 58.9 Å². The van der Waals surface area contributed by atoms with Gasteiger partial charge in [-0.3, -0.25) is 4.79 Å². The Bertz CT molecular complexity index is 704. The third kappa shape index (κ3) is 2.92. The lowest BCUT2D eigenvalue weighted by molar-refractivity contribution is 0.101. The molecule has 0 radical (unpaired) electrons. The molecular weight excluding hydrogens is 325 g/mol. The van der Waals surface area contributed by atoms with E-state index in [1.807, 2.05) is 6.26 Å². The molecule has 0 aromatic heterocycles. The number of carbonyl (C=O) groups excluding carboxylic acids is 1. The van der Waals surface area contributed by atoms with Crippen molar-refractivity contribution in [2.24, 2.45) is 0 Å². The van der Waals surface area contributed by atoms with Gasteiger partial charge in [0.2, 0.25) is 5.82 Å². The summed E-state index contributed by atoms with van der Waals surface area (Å²) in [6.07, 6.45) is 1.82. The van der Waals surface area contributed by atoms with Crippen molar-refractivity contribution in [2.75, 3.05) is 11.6 Å². The Morgan fingerprint density at radius 3 is 1.77 bits per heavy atom. The highest BCUT2D eigenvalue weighted by Gasteiger charge is 2.29. The Hall–Kier alpha value is -2.09. The number of benzene rings is 2. The molecule has 2 aromatic carbocycles. The van der Waals surface area contributed by atoms with Crippen molar-refractivity contribution in [3.8, 4) is 0 Å². The Morgan fingerprint density at radius 1 is 0.864 bits per heavy atom. The predicted molar refractivity (Wildman–Crippen MR) is 72.4 cm³/mol. The number of thioether (sulfide) groups is 1. The fraction of sp³-hybridized carbons (Fsp3) is 0.0714. The van der Waals surface area contributed by atoms with E-state index >= 15 is 0 Å². The van der Waals surface area contributed by atoms with Gasteiger partial charge in [0.1, 0.15) is 5.56 Å². The SMILES string of the molecule is CSc1ccc(NC(=O)c2c(F)c(F)c(F)c(F)c2F)cc1. The summed E-state index contributed by atoms with van der Waals surface area (Å²) in [7, 11) is 0. The van der Waals surface area contributed by atoms with E-state index in [4.69, 9.17) is 0 Å². The zero-order valence-electron chi connectivity index (χ0n) is 11.0. The first-order valence-corrected chi connectivity index (χ1v) is 7.06. The molecule has 0 bridgehead atoms. The first kappa shape index (κ1) is 16.3. The summed E-state index contributed by atoms with van der Waals surface area (Å²) in [5.74, 6) is -12.4. The van der Waals surface area contributed by atoms with Gasteiger partial charge in [-0.15, -0.1) is 11.8 Å². The van der Waals surface area contributed by atoms with E-state index < -0.39 is 40.6 Å². The van der Waals surface area contributed by atoms with E-state index in [0.29, 0.717) is 0 Å². The van der Waals surface area contributed by atoms with Crippen molar-refractivity contribution in [3.63, 3.8) is 0 Å². The molecule has 2 aromatic rings. The summed E-state index contributed by atoms with van der Waals surface area (Å²) in [6.45, 7) is 0. The summed E-state index contributed by atoms with van der Waals surface area (Å²) < 4.78 is 66.0. The second kappa shape index (κ2) is 6.35. The van der Waals surface area contributed by atoms with Crippen LogP contribution in [-0.4, -0.2) is 12.2 Å². The molecule has 2 nitrogen and oxygen atoms in total. The number of anilines is 1. The minimum atomic E-state index is -2.31. The minimum Gasteiger partial charge on any atom is -0.322 e. The lowest BCUT2D eigenvalue weighted by Gasteiger charge is -2.09. The maximum Gasteiger partial charge on any atom is 0.261 e. The van der Waals surface area contributed by atoms with E-state index in [0.717, 1.165) is 4.90 Å². The summed E-state index contributed by atoms with van der Waals surface area (Å²) in [5, 5.41) is 2.08. The summed E-state index contributed by atoms with van der Waals surface area (Å²) in [6, 6.07) is 6.13. The van der Waals surface area contributed by atoms with E-state index in [1.165, 1.54) is 23.9 Å². The van der Waals surface area contributed by atoms with Crippen LogP contribution in [0.2, 0.25) is 0 Å². The number of rotatable bonds is 3. The topological polar surface area (TPSA) is 29.1 Å². The highest BCUT2D eigenvalue weighted by atomic mass is 32.2. The van der Waals surface area contributed by atoms with Gasteiger partial charge in [0, 0.05) is 10.6 Å². The Labute approximate surface area is 126 Å². The van der Waals surface area contributed by atoms with Gasteiger partial charge in [0.25, 0.3) is 5.91 Å². The highest BCUT2D eigenvalue weighted by Crippen LogP contribution is 2.24. The van der Waals surface area contributed by atoms with Crippen molar-refractivity contribution in [1.29, 1.82) is 0 Å². The first-order chi connectivity index (χ1) is 10.4. The van der Waals surface area contributed by atoms with Crippen LogP contribution in [0.1, 0.15) is 10.4 Å². The van der Waals surface area contributed by atoms with E-state index in [1.54, 1.807) is 12.1 Å². The fourth-order valence-corrected chi connectivity index (χ4v) is 2.08. The highest BCUT2D eigenvalue weighted by molar-refractivity contribution is 7.98. The van der Waals surface area contributed by atoms with Crippen molar-refractivity contribution < 1.29 is 26.7 Å². The van der Waals surface area contributed by atoms with E-state index in [2.05, 4.69) is 5.32 Å². The lowest BCUT2D eigenvalue weighted by atomic mass is 10.1. The Kier molecular flexibility index (Phi) is 4.70. The molecular formula is C14H8F5NOS. The second-order valence-corrected chi connectivity index (χ2v) is 5.01. The average Bonchev–Trinajstić information content (AvgIpc) is 2.52. The Balaban J connectivity index is 2.37. The molecule has 1 N–H and O–H groups in total. The van der Waals surface area contributed by atoms with Gasteiger partial charge in [0.15, 0.2) is 23.3 Å². The maximum absolute atomic E-state index is 13.5. The number of carbonyl (C=O) groups is 1. The summed E-state index contributed by atoms with van der Waals surface area (Å²) >= 11 is 1.43. The van der Waals surface area contributed by atoms with Crippen molar-refractivity contribution in [1.82, 2.24) is 0 Å². The standard InChI is InChI=1S/C14H8F5NOS/c1-22-7-4-2-6(3-5-7)20-14(21)8-9(15)11(17)13(19)12(18)10(8)16/h2-5H,1H3,(H,20,21). The number of hydrogen-bond acceptors (Lipinski definition) is 2. The average molecular weight is 333 g/mol. The molecule has 0 spiro atoms. The van der Waals surface area contributed by atoms with Crippen LogP contribution in [-0.2, 0) is 0 Å². The van der Waals surface area contributed by atoms with E-state index in [9.17, 15) is 26.7 Å². The number of amides is 1. The van der Waals surface area contributed by atoms with Crippen molar-refractivity contribution >= 4 is 23.4 Å². The van der Waals surface area contributed by atoms with Crippen LogP contribution in [0.25, 0.3) is 0 Å².